The summed E-state index contributed by atoms with van der Waals surface area (Å²) in [5.74, 6) is 1.12. The van der Waals surface area contributed by atoms with Crippen molar-refractivity contribution in [1.82, 2.24) is 5.43 Å². The molecule has 0 bridgehead atoms. The van der Waals surface area contributed by atoms with Crippen LogP contribution in [0.1, 0.15) is 11.1 Å². The maximum Gasteiger partial charge on any atom is 0.209 e. The van der Waals surface area contributed by atoms with Crippen molar-refractivity contribution < 1.29 is 4.74 Å². The van der Waals surface area contributed by atoms with Gasteiger partial charge in [-0.15, -0.1) is 0 Å². The van der Waals surface area contributed by atoms with Crippen LogP contribution in [0.3, 0.4) is 0 Å². The summed E-state index contributed by atoms with van der Waals surface area (Å²) in [5, 5.41) is 4.05. The number of nitrogens with zero attached hydrogens (tertiary/aromatic N) is 2. The van der Waals surface area contributed by atoms with Crippen molar-refractivity contribution in [2.45, 2.75) is 6.42 Å². The van der Waals surface area contributed by atoms with E-state index >= 15 is 0 Å². The number of hydrogen-bond acceptors (Lipinski definition) is 3. The van der Waals surface area contributed by atoms with Gasteiger partial charge in [-0.25, -0.2) is 5.43 Å². The Balaban J connectivity index is 1.77. The van der Waals surface area contributed by atoms with E-state index in [1.165, 1.54) is 5.56 Å². The Bertz CT molecular complexity index is 621. The normalized spacial score (nSPS) is 11.6. The maximum atomic E-state index is 5.75. The van der Waals surface area contributed by atoms with Gasteiger partial charge in [0.2, 0.25) is 5.96 Å². The van der Waals surface area contributed by atoms with E-state index in [0.717, 1.165) is 17.7 Å². The summed E-state index contributed by atoms with van der Waals surface area (Å²) >= 11 is 0. The first-order valence-electron chi connectivity index (χ1n) is 7.05. The summed E-state index contributed by atoms with van der Waals surface area (Å²) in [6.45, 7) is 0.626. The number of benzene rings is 2. The largest absolute Gasteiger partial charge is 0.497 e. The molecule has 0 aliphatic rings. The van der Waals surface area contributed by atoms with Crippen molar-refractivity contribution in [3.8, 4) is 5.75 Å². The molecule has 2 rings (SSSR count). The molecule has 22 heavy (non-hydrogen) atoms. The quantitative estimate of drug-likeness (QED) is 0.487. The molecular weight excluding hydrogens is 276 g/mol. The lowest BCUT2D eigenvalue weighted by Gasteiger charge is -2.01. The summed E-state index contributed by atoms with van der Waals surface area (Å²) in [4.78, 5) is 4.23. The summed E-state index contributed by atoms with van der Waals surface area (Å²) in [6.07, 6.45) is 2.53. The van der Waals surface area contributed by atoms with Crippen molar-refractivity contribution >= 4 is 12.2 Å². The molecule has 0 aromatic heterocycles. The number of methoxy groups -OCH3 is 1. The van der Waals surface area contributed by atoms with Gasteiger partial charge >= 0.3 is 0 Å². The molecule has 114 valence electrons. The fraction of sp³-hybridized carbons (Fsp3) is 0.176. The zero-order valence-electron chi connectivity index (χ0n) is 12.6. The molecule has 2 aromatic carbocycles. The average molecular weight is 296 g/mol. The Labute approximate surface area is 130 Å². The van der Waals surface area contributed by atoms with E-state index in [1.807, 2.05) is 42.5 Å². The van der Waals surface area contributed by atoms with E-state index in [2.05, 4.69) is 27.7 Å². The smallest absolute Gasteiger partial charge is 0.209 e. The molecule has 0 saturated heterocycles. The second-order valence-electron chi connectivity index (χ2n) is 4.65. The molecule has 0 aliphatic carbocycles. The zero-order valence-corrected chi connectivity index (χ0v) is 12.6. The molecule has 0 aliphatic heterocycles. The highest BCUT2D eigenvalue weighted by molar-refractivity contribution is 5.83. The fourth-order valence-electron chi connectivity index (χ4n) is 1.85. The third-order valence-electron chi connectivity index (χ3n) is 3.03. The van der Waals surface area contributed by atoms with Crippen LogP contribution in [0.25, 0.3) is 0 Å². The summed E-state index contributed by atoms with van der Waals surface area (Å²) in [7, 11) is 1.64. The monoisotopic (exact) mass is 296 g/mol. The van der Waals surface area contributed by atoms with Crippen LogP contribution >= 0.6 is 0 Å². The predicted octanol–water partition coefficient (Wildman–Crippen LogP) is 2.18. The van der Waals surface area contributed by atoms with Crippen LogP contribution in [0.4, 0.5) is 0 Å². The number of hydrazone groups is 1. The molecule has 0 saturated carbocycles. The van der Waals surface area contributed by atoms with Gasteiger partial charge in [0.25, 0.3) is 0 Å². The molecule has 0 unspecified atom stereocenters. The first-order valence-corrected chi connectivity index (χ1v) is 7.05. The van der Waals surface area contributed by atoms with Crippen LogP contribution in [0.5, 0.6) is 5.75 Å². The molecule has 0 fully saturated rings. The van der Waals surface area contributed by atoms with Crippen molar-refractivity contribution in [2.75, 3.05) is 13.7 Å². The van der Waals surface area contributed by atoms with Crippen molar-refractivity contribution in [3.63, 3.8) is 0 Å². The molecule has 0 amide bonds. The van der Waals surface area contributed by atoms with Gasteiger partial charge in [0.15, 0.2) is 0 Å². The molecule has 2 aromatic rings. The Morgan fingerprint density at radius 3 is 2.55 bits per heavy atom. The SMILES string of the molecule is COc1ccc(C=NNC(N)=NCCc2ccccc2)cc1. The Kier molecular flexibility index (Phi) is 5.99. The second-order valence-corrected chi connectivity index (χ2v) is 4.65. The molecule has 0 atom stereocenters. The Morgan fingerprint density at radius 1 is 1.14 bits per heavy atom. The molecule has 0 spiro atoms. The zero-order chi connectivity index (χ0) is 15.6. The van der Waals surface area contributed by atoms with E-state index in [0.29, 0.717) is 12.5 Å². The van der Waals surface area contributed by atoms with Gasteiger partial charge in [-0.3, -0.25) is 4.99 Å². The standard InChI is InChI=1S/C17H20N4O/c1-22-16-9-7-15(8-10-16)13-20-21-17(18)19-12-11-14-5-3-2-4-6-14/h2-10,13H,11-12H2,1H3,(H3,18,19,21). The van der Waals surface area contributed by atoms with E-state index in [-0.39, 0.29) is 0 Å². The molecule has 3 N–H and O–H groups in total. The third kappa shape index (κ3) is 5.28. The first kappa shape index (κ1) is 15.6. The minimum absolute atomic E-state index is 0.306. The van der Waals surface area contributed by atoms with Crippen LogP contribution in [-0.4, -0.2) is 25.8 Å². The summed E-state index contributed by atoms with van der Waals surface area (Å²) < 4.78 is 5.09. The van der Waals surface area contributed by atoms with Crippen molar-refractivity contribution in [3.05, 3.63) is 65.7 Å². The molecule has 0 radical (unpaired) electrons. The second kappa shape index (κ2) is 8.46. The lowest BCUT2D eigenvalue weighted by Crippen LogP contribution is -2.27. The lowest BCUT2D eigenvalue weighted by atomic mass is 10.2. The minimum atomic E-state index is 0.306. The molecule has 5 heteroatoms. The van der Waals surface area contributed by atoms with E-state index in [4.69, 9.17) is 10.5 Å². The number of hydrogen-bond donors (Lipinski definition) is 2. The summed E-state index contributed by atoms with van der Waals surface area (Å²) in [5.41, 5.74) is 10.7. The van der Waals surface area contributed by atoms with Crippen LogP contribution in [0, 0.1) is 0 Å². The maximum absolute atomic E-state index is 5.75. The highest BCUT2D eigenvalue weighted by Gasteiger charge is 1.93. The molecule has 5 nitrogen and oxygen atoms in total. The number of guanidine groups is 1. The van der Waals surface area contributed by atoms with E-state index < -0.39 is 0 Å². The van der Waals surface area contributed by atoms with Crippen molar-refractivity contribution in [2.24, 2.45) is 15.8 Å². The Morgan fingerprint density at radius 2 is 1.86 bits per heavy atom. The lowest BCUT2D eigenvalue weighted by molar-refractivity contribution is 0.415. The van der Waals surface area contributed by atoms with Gasteiger partial charge in [-0.2, -0.15) is 5.10 Å². The van der Waals surface area contributed by atoms with Crippen molar-refractivity contribution in [1.29, 1.82) is 0 Å². The predicted molar refractivity (Wildman–Crippen MR) is 90.4 cm³/mol. The third-order valence-corrected chi connectivity index (χ3v) is 3.03. The number of rotatable bonds is 6. The minimum Gasteiger partial charge on any atom is -0.497 e. The fourth-order valence-corrected chi connectivity index (χ4v) is 1.85. The van der Waals surface area contributed by atoms with Gasteiger partial charge in [-0.05, 0) is 41.8 Å². The highest BCUT2D eigenvalue weighted by atomic mass is 16.5. The molecule has 0 heterocycles. The van der Waals surface area contributed by atoms with E-state index in [1.54, 1.807) is 13.3 Å². The van der Waals surface area contributed by atoms with E-state index in [9.17, 15) is 0 Å². The van der Waals surface area contributed by atoms with Crippen LogP contribution in [0.2, 0.25) is 0 Å². The van der Waals surface area contributed by atoms with Gasteiger partial charge in [-0.1, -0.05) is 30.3 Å². The first-order chi connectivity index (χ1) is 10.8. The Hall–Kier alpha value is -2.82. The van der Waals surface area contributed by atoms with Gasteiger partial charge in [0.05, 0.1) is 13.3 Å². The van der Waals surface area contributed by atoms with Crippen LogP contribution < -0.4 is 15.9 Å². The van der Waals surface area contributed by atoms with Crippen LogP contribution in [0.15, 0.2) is 64.7 Å². The number of ether oxygens (including phenoxy) is 1. The number of nitrogens with one attached hydrogen (secondary N) is 1. The summed E-state index contributed by atoms with van der Waals surface area (Å²) in [6, 6.07) is 17.7. The van der Waals surface area contributed by atoms with Gasteiger partial charge in [0, 0.05) is 6.54 Å². The van der Waals surface area contributed by atoms with Crippen LogP contribution in [-0.2, 0) is 6.42 Å². The average Bonchev–Trinajstić information content (AvgIpc) is 2.56. The van der Waals surface area contributed by atoms with Gasteiger partial charge < -0.3 is 10.5 Å². The van der Waals surface area contributed by atoms with Gasteiger partial charge in [0.1, 0.15) is 5.75 Å². The highest BCUT2D eigenvalue weighted by Crippen LogP contribution is 2.09. The topological polar surface area (TPSA) is 72.0 Å². The number of aliphatic imine (C=N–C) groups is 1. The number of nitrogens with two attached hydrogens (primary N) is 1. The molecular formula is C17H20N4O.